The number of benzene rings is 1. The van der Waals surface area contributed by atoms with Gasteiger partial charge in [0, 0.05) is 12.2 Å². The molecule has 0 radical (unpaired) electrons. The fourth-order valence-electron chi connectivity index (χ4n) is 1.92. The lowest BCUT2D eigenvalue weighted by Gasteiger charge is -2.15. The molecule has 20 heavy (non-hydrogen) atoms. The number of anilines is 1. The minimum Gasteiger partial charge on any atom is -0.398 e. The van der Waals surface area contributed by atoms with Crippen LogP contribution in [0.15, 0.2) is 17.0 Å². The predicted molar refractivity (Wildman–Crippen MR) is 81.0 cm³/mol. The Morgan fingerprint density at radius 3 is 2.40 bits per heavy atom. The molecule has 0 saturated heterocycles. The van der Waals surface area contributed by atoms with Gasteiger partial charge in [0.15, 0.2) is 0 Å². The highest BCUT2D eigenvalue weighted by Gasteiger charge is 2.18. The third-order valence-corrected chi connectivity index (χ3v) is 4.65. The van der Waals surface area contributed by atoms with Gasteiger partial charge in [0.05, 0.1) is 11.0 Å². The molecule has 0 bridgehead atoms. The Bertz CT molecular complexity index is 545. The average molecular weight is 300 g/mol. The van der Waals surface area contributed by atoms with Gasteiger partial charge in [0.2, 0.25) is 10.0 Å². The first-order chi connectivity index (χ1) is 9.13. The van der Waals surface area contributed by atoms with Crippen molar-refractivity contribution in [1.29, 1.82) is 0 Å². The zero-order chi connectivity index (χ0) is 15.5. The van der Waals surface area contributed by atoms with Gasteiger partial charge in [-0.2, -0.15) is 0 Å². The van der Waals surface area contributed by atoms with E-state index in [0.29, 0.717) is 18.0 Å². The number of aliphatic hydroxyl groups is 1. The van der Waals surface area contributed by atoms with Crippen LogP contribution in [-0.4, -0.2) is 26.2 Å². The van der Waals surface area contributed by atoms with Crippen LogP contribution in [0.2, 0.25) is 0 Å². The molecule has 5 nitrogen and oxygen atoms in total. The van der Waals surface area contributed by atoms with Gasteiger partial charge in [-0.3, -0.25) is 0 Å². The lowest BCUT2D eigenvalue weighted by Crippen LogP contribution is -2.33. The van der Waals surface area contributed by atoms with Gasteiger partial charge in [-0.25, -0.2) is 13.1 Å². The first-order valence-corrected chi connectivity index (χ1v) is 8.16. The van der Waals surface area contributed by atoms with Crippen molar-refractivity contribution in [2.75, 3.05) is 12.3 Å². The first kappa shape index (κ1) is 16.9. The van der Waals surface area contributed by atoms with Crippen LogP contribution in [0.5, 0.6) is 0 Å². The summed E-state index contributed by atoms with van der Waals surface area (Å²) in [5.74, 6) is 0.312. The van der Waals surface area contributed by atoms with Crippen molar-refractivity contribution in [1.82, 2.24) is 4.72 Å². The van der Waals surface area contributed by atoms with Gasteiger partial charge >= 0.3 is 0 Å². The van der Waals surface area contributed by atoms with Gasteiger partial charge in [-0.1, -0.05) is 13.8 Å². The molecule has 6 heteroatoms. The molecule has 0 saturated carbocycles. The van der Waals surface area contributed by atoms with Crippen molar-refractivity contribution in [2.45, 2.75) is 45.1 Å². The molecule has 0 aliphatic carbocycles. The molecule has 0 aliphatic rings. The highest BCUT2D eigenvalue weighted by atomic mass is 32.2. The number of nitrogens with two attached hydrogens (primary N) is 1. The Kier molecular flexibility index (Phi) is 5.56. The normalized spacial score (nSPS) is 13.7. The molecule has 0 fully saturated rings. The molecule has 1 atom stereocenters. The second-order valence-corrected chi connectivity index (χ2v) is 7.36. The van der Waals surface area contributed by atoms with E-state index in [9.17, 15) is 13.5 Å². The highest BCUT2D eigenvalue weighted by molar-refractivity contribution is 7.89. The lowest BCUT2D eigenvalue weighted by molar-refractivity contribution is 0.152. The van der Waals surface area contributed by atoms with Crippen molar-refractivity contribution in [3.8, 4) is 0 Å². The smallest absolute Gasteiger partial charge is 0.240 e. The summed E-state index contributed by atoms with van der Waals surface area (Å²) >= 11 is 0. The summed E-state index contributed by atoms with van der Waals surface area (Å²) in [7, 11) is -3.64. The van der Waals surface area contributed by atoms with Crippen LogP contribution in [0.4, 0.5) is 5.69 Å². The number of sulfonamides is 1. The summed E-state index contributed by atoms with van der Waals surface area (Å²) in [5.41, 5.74) is 7.96. The third-order valence-electron chi connectivity index (χ3n) is 3.24. The quantitative estimate of drug-likeness (QED) is 0.695. The van der Waals surface area contributed by atoms with Crippen LogP contribution in [0, 0.1) is 19.8 Å². The van der Waals surface area contributed by atoms with Crippen LogP contribution in [0.1, 0.15) is 31.4 Å². The second kappa shape index (κ2) is 6.56. The number of aliphatic hydroxyl groups excluding tert-OH is 1. The second-order valence-electron chi connectivity index (χ2n) is 5.59. The summed E-state index contributed by atoms with van der Waals surface area (Å²) < 4.78 is 26.7. The topological polar surface area (TPSA) is 92.4 Å². The molecular weight excluding hydrogens is 276 g/mol. The molecule has 1 aromatic rings. The Morgan fingerprint density at radius 1 is 1.30 bits per heavy atom. The SMILES string of the molecule is Cc1cc(S(=O)(=O)NCC(O)CC(C)C)cc(N)c1C. The van der Waals surface area contributed by atoms with E-state index in [2.05, 4.69) is 4.72 Å². The van der Waals surface area contributed by atoms with Crippen molar-refractivity contribution in [3.63, 3.8) is 0 Å². The summed E-state index contributed by atoms with van der Waals surface area (Å²) in [6.45, 7) is 7.62. The molecular formula is C14H24N2O3S. The van der Waals surface area contributed by atoms with E-state index < -0.39 is 16.1 Å². The molecule has 0 spiro atoms. The molecule has 4 N–H and O–H groups in total. The largest absolute Gasteiger partial charge is 0.398 e. The number of nitrogens with one attached hydrogen (secondary N) is 1. The van der Waals surface area contributed by atoms with Crippen molar-refractivity contribution < 1.29 is 13.5 Å². The minimum absolute atomic E-state index is 0.00728. The molecule has 1 unspecified atom stereocenters. The van der Waals surface area contributed by atoms with Crippen LogP contribution in [0.25, 0.3) is 0 Å². The number of rotatable bonds is 6. The number of aryl methyl sites for hydroxylation is 1. The fourth-order valence-corrected chi connectivity index (χ4v) is 3.12. The average Bonchev–Trinajstić information content (AvgIpc) is 2.32. The highest BCUT2D eigenvalue weighted by Crippen LogP contribution is 2.21. The predicted octanol–water partition coefficient (Wildman–Crippen LogP) is 1.57. The van der Waals surface area contributed by atoms with Crippen molar-refractivity contribution in [3.05, 3.63) is 23.3 Å². The molecule has 0 heterocycles. The molecule has 0 aliphatic heterocycles. The van der Waals surface area contributed by atoms with E-state index in [1.807, 2.05) is 27.7 Å². The van der Waals surface area contributed by atoms with Crippen LogP contribution in [-0.2, 0) is 10.0 Å². The Morgan fingerprint density at radius 2 is 1.90 bits per heavy atom. The Balaban J connectivity index is 2.84. The molecule has 1 aromatic carbocycles. The van der Waals surface area contributed by atoms with E-state index in [-0.39, 0.29) is 11.4 Å². The van der Waals surface area contributed by atoms with Crippen molar-refractivity contribution >= 4 is 15.7 Å². The monoisotopic (exact) mass is 300 g/mol. The van der Waals surface area contributed by atoms with E-state index in [1.165, 1.54) is 6.07 Å². The zero-order valence-corrected chi connectivity index (χ0v) is 13.3. The molecule has 0 amide bonds. The summed E-state index contributed by atoms with van der Waals surface area (Å²) in [5, 5.41) is 9.73. The van der Waals surface area contributed by atoms with E-state index >= 15 is 0 Å². The van der Waals surface area contributed by atoms with Crippen molar-refractivity contribution in [2.24, 2.45) is 5.92 Å². The maximum Gasteiger partial charge on any atom is 0.240 e. The zero-order valence-electron chi connectivity index (χ0n) is 12.5. The van der Waals surface area contributed by atoms with E-state index in [4.69, 9.17) is 5.73 Å². The van der Waals surface area contributed by atoms with Gasteiger partial charge in [-0.15, -0.1) is 0 Å². The van der Waals surface area contributed by atoms with Gasteiger partial charge < -0.3 is 10.8 Å². The first-order valence-electron chi connectivity index (χ1n) is 6.68. The standard InChI is InChI=1S/C14H24N2O3S/c1-9(2)5-12(17)8-16-20(18,19)13-6-10(3)11(4)14(15)7-13/h6-7,9,12,16-17H,5,8,15H2,1-4H3. The minimum atomic E-state index is -3.64. The van der Waals surface area contributed by atoms with E-state index in [0.717, 1.165) is 11.1 Å². The summed E-state index contributed by atoms with van der Waals surface area (Å²) in [4.78, 5) is 0.134. The molecule has 0 aromatic heterocycles. The number of hydrogen-bond acceptors (Lipinski definition) is 4. The Labute approximate surface area is 121 Å². The lowest BCUT2D eigenvalue weighted by atomic mass is 10.1. The van der Waals surface area contributed by atoms with Gasteiger partial charge in [0.1, 0.15) is 0 Å². The Hall–Kier alpha value is -1.11. The third kappa shape index (κ3) is 4.47. The molecule has 1 rings (SSSR count). The number of nitrogen functional groups attached to an aromatic ring is 1. The molecule has 114 valence electrons. The van der Waals surface area contributed by atoms with E-state index in [1.54, 1.807) is 6.07 Å². The summed E-state index contributed by atoms with van der Waals surface area (Å²) in [6.07, 6.45) is -0.133. The summed E-state index contributed by atoms with van der Waals surface area (Å²) in [6, 6.07) is 3.03. The maximum atomic E-state index is 12.2. The fraction of sp³-hybridized carbons (Fsp3) is 0.571. The van der Waals surface area contributed by atoms with Crippen LogP contribution < -0.4 is 10.5 Å². The number of hydrogen-bond donors (Lipinski definition) is 3. The van der Waals surface area contributed by atoms with Crippen LogP contribution >= 0.6 is 0 Å². The maximum absolute atomic E-state index is 12.2. The van der Waals surface area contributed by atoms with Crippen LogP contribution in [0.3, 0.4) is 0 Å². The van der Waals surface area contributed by atoms with Gasteiger partial charge in [0.25, 0.3) is 0 Å². The van der Waals surface area contributed by atoms with Gasteiger partial charge in [-0.05, 0) is 49.4 Å².